The van der Waals surface area contributed by atoms with Crippen molar-refractivity contribution in [1.82, 2.24) is 0 Å². The first-order chi connectivity index (χ1) is 30.3. The highest BCUT2D eigenvalue weighted by Gasteiger charge is 2.38. The summed E-state index contributed by atoms with van der Waals surface area (Å²) in [6.07, 6.45) is 0. The summed E-state index contributed by atoms with van der Waals surface area (Å²) >= 11 is 2.17. The maximum absolute atomic E-state index is 2.61. The molecule has 7 heteroatoms. The van der Waals surface area contributed by atoms with Gasteiger partial charge in [-0.3, -0.25) is 0 Å². The van der Waals surface area contributed by atoms with E-state index in [1.54, 1.807) is 57.2 Å². The highest BCUT2D eigenvalue weighted by Crippen LogP contribution is 2.47. The summed E-state index contributed by atoms with van der Waals surface area (Å²) < 4.78 is 0. The van der Waals surface area contributed by atoms with Gasteiger partial charge < -0.3 is 0 Å². The summed E-state index contributed by atoms with van der Waals surface area (Å²) in [4.78, 5) is 1.57. The lowest BCUT2D eigenvalue weighted by molar-refractivity contribution is 1.02. The molecule has 0 unspecified atom stereocenters. The van der Waals surface area contributed by atoms with Crippen molar-refractivity contribution in [3.8, 4) is 0 Å². The first-order valence-electron chi connectivity index (χ1n) is 24.3. The average Bonchev–Trinajstić information content (AvgIpc) is 3.20. The van der Waals surface area contributed by atoms with E-state index in [1.807, 2.05) is 0 Å². The molecular weight excluding hydrogens is 897 g/mol. The number of hydrogen-bond donors (Lipinski definition) is 0. The van der Waals surface area contributed by atoms with E-state index in [0.29, 0.717) is 50.5 Å². The molecule has 0 nitrogen and oxygen atoms in total. The van der Waals surface area contributed by atoms with Crippen molar-refractivity contribution in [2.24, 2.45) is 0 Å². The Labute approximate surface area is 406 Å². The average molecular weight is 979 g/mol. The zero-order chi connectivity index (χ0) is 47.2. The van der Waals surface area contributed by atoms with Gasteiger partial charge >= 0.3 is 0 Å². The van der Waals surface area contributed by atoms with Crippen molar-refractivity contribution in [2.45, 2.75) is 180 Å². The molecule has 0 aliphatic carbocycles. The van der Waals surface area contributed by atoms with Crippen LogP contribution in [-0.2, 0) is 0 Å². The standard InChI is InChI=1S/C57H82P4SSi2/c1-38(2)58(39(3)4)47-28-19-23-32-51(47)63(52-33-24-20-29-48(52)59(40(5)6)41(7)8)55-36-27-37-56(57(55)62-46(17)18)64(53-34-25-21-30-49(53)60(42(9)10)43(11)12)54-35-26-22-31-50(54)61(44(13)14)45(15)16/h19-46H,1-18H3. The topological polar surface area (TPSA) is 0 Å². The summed E-state index contributed by atoms with van der Waals surface area (Å²) in [6, 6.07) is 47.1. The normalized spacial score (nSPS) is 12.8. The van der Waals surface area contributed by atoms with E-state index in [-0.39, 0.29) is 0 Å². The minimum absolute atomic E-state index is 0.390. The van der Waals surface area contributed by atoms with E-state index >= 15 is 0 Å². The molecule has 0 spiro atoms. The number of thioether (sulfide) groups is 1. The lowest BCUT2D eigenvalue weighted by Crippen LogP contribution is -2.64. The number of hydrogen-bond acceptors (Lipinski definition) is 1. The van der Waals surface area contributed by atoms with Gasteiger partial charge in [-0.15, -0.1) is 11.8 Å². The molecule has 344 valence electrons. The monoisotopic (exact) mass is 978 g/mol. The SMILES string of the molecule is CC(C)Sc1c([Si](c2ccccc2P(C(C)C)C(C)C)c2ccccc2P(C(C)C)C(C)C)cccc1[Si](c1ccccc1P(C(C)C)C(C)C)c1ccccc1P(C(C)C)C(C)C. The molecule has 5 rings (SSSR count). The molecule has 0 aliphatic rings. The third kappa shape index (κ3) is 12.2. The first-order valence-corrected chi connectivity index (χ1v) is 34.1. The Hall–Kier alpha value is -1.40. The van der Waals surface area contributed by atoms with Crippen molar-refractivity contribution in [3.05, 3.63) is 115 Å². The van der Waals surface area contributed by atoms with Crippen molar-refractivity contribution < 1.29 is 0 Å². The molecule has 0 bridgehead atoms. The zero-order valence-electron chi connectivity index (χ0n) is 42.9. The molecule has 0 fully saturated rings. The van der Waals surface area contributed by atoms with Crippen LogP contribution < -0.4 is 52.3 Å². The van der Waals surface area contributed by atoms with E-state index in [0.717, 1.165) is 0 Å². The summed E-state index contributed by atoms with van der Waals surface area (Å²) in [6.45, 7) is 44.6. The number of rotatable bonds is 20. The van der Waals surface area contributed by atoms with Crippen molar-refractivity contribution in [3.63, 3.8) is 0 Å². The van der Waals surface area contributed by atoms with Crippen molar-refractivity contribution >= 4 is 113 Å². The van der Waals surface area contributed by atoms with Gasteiger partial charge in [-0.2, -0.15) is 0 Å². The predicted molar refractivity (Wildman–Crippen MR) is 310 cm³/mol. The fraction of sp³-hybridized carbons (Fsp3) is 0.474. The Kier molecular flexibility index (Phi) is 20.3. The minimum atomic E-state index is -1.52. The fourth-order valence-electron chi connectivity index (χ4n) is 10.4. The Balaban J connectivity index is 2.04. The maximum atomic E-state index is 2.61. The van der Waals surface area contributed by atoms with Crippen molar-refractivity contribution in [1.29, 1.82) is 0 Å². The van der Waals surface area contributed by atoms with Gasteiger partial charge in [0.25, 0.3) is 0 Å². The molecular formula is C57H82P4SSi2. The molecule has 0 aromatic heterocycles. The second kappa shape index (κ2) is 24.2. The van der Waals surface area contributed by atoms with Crippen LogP contribution >= 0.6 is 43.4 Å². The van der Waals surface area contributed by atoms with Crippen LogP contribution in [0, 0.1) is 0 Å². The van der Waals surface area contributed by atoms with E-state index in [2.05, 4.69) is 252 Å². The largest absolute Gasteiger partial charge is 0.157 e. The lowest BCUT2D eigenvalue weighted by atomic mass is 10.3. The van der Waals surface area contributed by atoms with Gasteiger partial charge in [-0.25, -0.2) is 0 Å². The van der Waals surface area contributed by atoms with Crippen molar-refractivity contribution in [2.75, 3.05) is 0 Å². The Morgan fingerprint density at radius 1 is 0.281 bits per heavy atom. The van der Waals surface area contributed by atoms with Crippen LogP contribution in [0.2, 0.25) is 0 Å². The summed E-state index contributed by atoms with van der Waals surface area (Å²) in [7, 11) is -4.60. The summed E-state index contributed by atoms with van der Waals surface area (Å²) in [5, 5.41) is 16.7. The van der Waals surface area contributed by atoms with Crippen LogP contribution in [0.15, 0.2) is 120 Å². The Morgan fingerprint density at radius 3 is 0.688 bits per heavy atom. The van der Waals surface area contributed by atoms with Gasteiger partial charge in [-0.05, 0) is 97.6 Å². The molecule has 0 N–H and O–H groups in total. The smallest absolute Gasteiger partial charge is 0.124 e. The molecule has 5 aromatic rings. The van der Waals surface area contributed by atoms with Crippen LogP contribution in [0.25, 0.3) is 0 Å². The van der Waals surface area contributed by atoms with Gasteiger partial charge in [0.05, 0.1) is 0 Å². The molecule has 0 heterocycles. The summed E-state index contributed by atoms with van der Waals surface area (Å²) in [5.41, 5.74) is 4.82. The van der Waals surface area contributed by atoms with E-state index in [4.69, 9.17) is 0 Å². The highest BCUT2D eigenvalue weighted by molar-refractivity contribution is 8.00. The third-order valence-electron chi connectivity index (χ3n) is 12.2. The zero-order valence-corrected chi connectivity index (χ0v) is 49.3. The lowest BCUT2D eigenvalue weighted by Gasteiger charge is -2.36. The van der Waals surface area contributed by atoms with E-state index in [1.165, 1.54) is 0 Å². The van der Waals surface area contributed by atoms with Crippen LogP contribution in [0.1, 0.15) is 125 Å². The van der Waals surface area contributed by atoms with Gasteiger partial charge in [0.2, 0.25) is 0 Å². The number of benzene rings is 5. The second-order valence-electron chi connectivity index (χ2n) is 20.0. The van der Waals surface area contributed by atoms with Crippen LogP contribution in [0.3, 0.4) is 0 Å². The maximum Gasteiger partial charge on any atom is 0.157 e. The Morgan fingerprint density at radius 2 is 0.484 bits per heavy atom. The van der Waals surface area contributed by atoms with Gasteiger partial charge in [0, 0.05) is 10.1 Å². The molecule has 0 amide bonds. The van der Waals surface area contributed by atoms with Crippen LogP contribution in [0.5, 0.6) is 0 Å². The fourth-order valence-corrected chi connectivity index (χ4v) is 32.3. The van der Waals surface area contributed by atoms with E-state index < -0.39 is 49.3 Å². The third-order valence-corrected chi connectivity index (χ3v) is 33.0. The van der Waals surface area contributed by atoms with Gasteiger partial charge in [0.1, 0.15) is 0 Å². The first kappa shape index (κ1) is 53.6. The second-order valence-corrected chi connectivity index (χ2v) is 39.8. The molecule has 0 saturated carbocycles. The predicted octanol–water partition coefficient (Wildman–Crippen LogP) is 11.9. The molecule has 2 radical (unpaired) electrons. The van der Waals surface area contributed by atoms with Crippen LogP contribution in [-0.4, -0.2) is 68.1 Å². The molecule has 64 heavy (non-hydrogen) atoms. The molecule has 0 saturated heterocycles. The highest BCUT2D eigenvalue weighted by atomic mass is 32.2. The van der Waals surface area contributed by atoms with E-state index in [9.17, 15) is 0 Å². The Bertz CT molecular complexity index is 1940. The van der Waals surface area contributed by atoms with Gasteiger partial charge in [0.15, 0.2) is 17.6 Å². The molecule has 0 aliphatic heterocycles. The van der Waals surface area contributed by atoms with Crippen LogP contribution in [0.4, 0.5) is 0 Å². The minimum Gasteiger partial charge on any atom is -0.124 e. The molecule has 0 atom stereocenters. The summed E-state index contributed by atoms with van der Waals surface area (Å²) in [5.74, 6) is 0. The molecule has 5 aromatic carbocycles. The van der Waals surface area contributed by atoms with Gasteiger partial charge in [-0.1, -0.05) is 272 Å². The quantitative estimate of drug-likeness (QED) is 0.0324.